The summed E-state index contributed by atoms with van der Waals surface area (Å²) in [4.78, 5) is 11.4. The van der Waals surface area contributed by atoms with Crippen LogP contribution in [0.25, 0.3) is 0 Å². The van der Waals surface area contributed by atoms with Crippen LogP contribution in [-0.2, 0) is 9.53 Å². The van der Waals surface area contributed by atoms with Gasteiger partial charge >= 0.3 is 5.97 Å². The van der Waals surface area contributed by atoms with Crippen molar-refractivity contribution in [1.29, 1.82) is 0 Å². The molecule has 0 heterocycles. The van der Waals surface area contributed by atoms with Crippen molar-refractivity contribution in [2.75, 3.05) is 7.11 Å². The quantitative estimate of drug-likeness (QED) is 0.456. The number of methoxy groups -OCH3 is 1. The fourth-order valence-corrected chi connectivity index (χ4v) is 4.14. The van der Waals surface area contributed by atoms with Crippen LogP contribution < -0.4 is 0 Å². The van der Waals surface area contributed by atoms with Gasteiger partial charge in [0.25, 0.3) is 0 Å². The fraction of sp³-hybridized carbons (Fsp3) is 0.889. The van der Waals surface area contributed by atoms with Crippen molar-refractivity contribution in [1.82, 2.24) is 0 Å². The maximum Gasteiger partial charge on any atom is 0.309 e. The molecule has 4 aliphatic carbocycles. The highest BCUT2D eigenvalue weighted by Gasteiger charge is 2.75. The summed E-state index contributed by atoms with van der Waals surface area (Å²) in [5.74, 6) is 2.55. The van der Waals surface area contributed by atoms with Crippen LogP contribution in [-0.4, -0.2) is 18.5 Å². The molecule has 0 aromatic rings. The molecule has 0 saturated heterocycles. The molecular formula is C9H11ClO2. The summed E-state index contributed by atoms with van der Waals surface area (Å²) in [6, 6.07) is 0. The highest BCUT2D eigenvalue weighted by Crippen LogP contribution is 2.74. The molecule has 0 N–H and O–H groups in total. The van der Waals surface area contributed by atoms with E-state index in [1.165, 1.54) is 13.5 Å². The molecule has 4 aliphatic rings. The molecule has 0 spiro atoms. The van der Waals surface area contributed by atoms with E-state index >= 15 is 0 Å². The van der Waals surface area contributed by atoms with E-state index in [4.69, 9.17) is 16.3 Å². The first-order chi connectivity index (χ1) is 5.75. The standard InChI is InChI=1S/C9H11ClO2/c1-12-9(11)7-4-2-3-5(7)6(3)8(4)10/h3-8H,2H2,1H3/t3-,4+,5?,6?,7-,8+/m1/s1. The van der Waals surface area contributed by atoms with E-state index in [9.17, 15) is 4.79 Å². The molecule has 0 aromatic carbocycles. The van der Waals surface area contributed by atoms with Crippen molar-refractivity contribution >= 4 is 17.6 Å². The maximum absolute atomic E-state index is 11.4. The van der Waals surface area contributed by atoms with E-state index in [1.807, 2.05) is 0 Å². The van der Waals surface area contributed by atoms with E-state index in [1.54, 1.807) is 0 Å². The average Bonchev–Trinajstić information content (AvgIpc) is 2.42. The van der Waals surface area contributed by atoms with Crippen LogP contribution in [0.1, 0.15) is 6.42 Å². The van der Waals surface area contributed by atoms with Crippen molar-refractivity contribution in [2.45, 2.75) is 11.8 Å². The zero-order valence-electron chi connectivity index (χ0n) is 6.87. The largest absolute Gasteiger partial charge is 0.469 e. The predicted octanol–water partition coefficient (Wildman–Crippen LogP) is 1.28. The Balaban J connectivity index is 1.89. The molecule has 0 radical (unpaired) electrons. The minimum absolute atomic E-state index is 0.0295. The third kappa shape index (κ3) is 0.586. The number of alkyl halides is 1. The normalized spacial score (nSPS) is 58.8. The minimum Gasteiger partial charge on any atom is -0.469 e. The zero-order chi connectivity index (χ0) is 8.46. The van der Waals surface area contributed by atoms with Gasteiger partial charge in [0.05, 0.1) is 13.0 Å². The fourth-order valence-electron chi connectivity index (χ4n) is 3.52. The van der Waals surface area contributed by atoms with Gasteiger partial charge in [-0.1, -0.05) is 0 Å². The van der Waals surface area contributed by atoms with Gasteiger partial charge < -0.3 is 4.74 Å². The van der Waals surface area contributed by atoms with Gasteiger partial charge in [-0.2, -0.15) is 0 Å². The molecule has 0 aliphatic heterocycles. The first-order valence-electron chi connectivity index (χ1n) is 4.47. The van der Waals surface area contributed by atoms with E-state index in [0.717, 1.165) is 5.92 Å². The van der Waals surface area contributed by atoms with Crippen molar-refractivity contribution in [2.24, 2.45) is 29.6 Å². The Labute approximate surface area is 76.2 Å². The second-order valence-corrected chi connectivity index (χ2v) is 4.72. The number of ether oxygens (including phenoxy) is 1. The Hall–Kier alpha value is -0.240. The second-order valence-electron chi connectivity index (χ2n) is 4.21. The van der Waals surface area contributed by atoms with Crippen molar-refractivity contribution in [3.05, 3.63) is 0 Å². The lowest BCUT2D eigenvalue weighted by atomic mass is 9.98. The van der Waals surface area contributed by atoms with Crippen LogP contribution in [0.5, 0.6) is 0 Å². The molecular weight excluding hydrogens is 176 g/mol. The van der Waals surface area contributed by atoms with Crippen LogP contribution in [0, 0.1) is 29.6 Å². The Morgan fingerprint density at radius 2 is 2.17 bits per heavy atom. The van der Waals surface area contributed by atoms with Crippen LogP contribution in [0.15, 0.2) is 0 Å². The van der Waals surface area contributed by atoms with Crippen LogP contribution in [0.2, 0.25) is 0 Å². The van der Waals surface area contributed by atoms with Gasteiger partial charge in [0.1, 0.15) is 0 Å². The predicted molar refractivity (Wildman–Crippen MR) is 43.7 cm³/mol. The summed E-state index contributed by atoms with van der Waals surface area (Å²) in [7, 11) is 1.47. The number of carbonyl (C=O) groups is 1. The van der Waals surface area contributed by atoms with Gasteiger partial charge in [-0.05, 0) is 30.1 Å². The Bertz CT molecular complexity index is 253. The summed E-state index contributed by atoms with van der Waals surface area (Å²) in [6.07, 6.45) is 1.17. The summed E-state index contributed by atoms with van der Waals surface area (Å²) in [6.45, 7) is 0. The van der Waals surface area contributed by atoms with E-state index in [-0.39, 0.29) is 17.3 Å². The van der Waals surface area contributed by atoms with E-state index < -0.39 is 0 Å². The summed E-state index contributed by atoms with van der Waals surface area (Å²) in [5.41, 5.74) is 0. The smallest absolute Gasteiger partial charge is 0.309 e. The van der Waals surface area contributed by atoms with Gasteiger partial charge in [0, 0.05) is 5.38 Å². The number of hydrogen-bond acceptors (Lipinski definition) is 2. The molecule has 0 amide bonds. The first-order valence-corrected chi connectivity index (χ1v) is 4.91. The molecule has 4 rings (SSSR count). The van der Waals surface area contributed by atoms with Crippen LogP contribution >= 0.6 is 11.6 Å². The van der Waals surface area contributed by atoms with Crippen LogP contribution in [0.4, 0.5) is 0 Å². The van der Waals surface area contributed by atoms with E-state index in [0.29, 0.717) is 17.8 Å². The number of halogens is 1. The van der Waals surface area contributed by atoms with Gasteiger partial charge in [0.2, 0.25) is 0 Å². The SMILES string of the molecule is COC(=O)[C@H]1C2C3[C@@H]2C[C@@H]1[C@@H]3Cl. The zero-order valence-corrected chi connectivity index (χ0v) is 7.62. The molecule has 3 heteroatoms. The summed E-state index contributed by atoms with van der Waals surface area (Å²) < 4.78 is 4.78. The molecule has 2 nitrogen and oxygen atoms in total. The lowest BCUT2D eigenvalue weighted by Gasteiger charge is -2.13. The second kappa shape index (κ2) is 1.98. The van der Waals surface area contributed by atoms with Crippen LogP contribution in [0.3, 0.4) is 0 Å². The molecule has 6 atom stereocenters. The lowest BCUT2D eigenvalue weighted by molar-refractivity contribution is -0.146. The number of carbonyl (C=O) groups excluding carboxylic acids is 1. The van der Waals surface area contributed by atoms with Crippen molar-refractivity contribution in [3.8, 4) is 0 Å². The molecule has 12 heavy (non-hydrogen) atoms. The maximum atomic E-state index is 11.4. The topological polar surface area (TPSA) is 26.3 Å². The van der Waals surface area contributed by atoms with Gasteiger partial charge in [-0.3, -0.25) is 4.79 Å². The molecule has 4 bridgehead atoms. The molecule has 0 aromatic heterocycles. The summed E-state index contributed by atoms with van der Waals surface area (Å²) >= 11 is 6.18. The number of rotatable bonds is 1. The minimum atomic E-state index is -0.0295. The third-order valence-electron chi connectivity index (χ3n) is 3.96. The first kappa shape index (κ1) is 7.19. The van der Waals surface area contributed by atoms with Crippen molar-refractivity contribution in [3.63, 3.8) is 0 Å². The highest BCUT2D eigenvalue weighted by atomic mass is 35.5. The molecule has 4 fully saturated rings. The number of hydrogen-bond donors (Lipinski definition) is 0. The lowest BCUT2D eigenvalue weighted by Crippen LogP contribution is -2.22. The van der Waals surface area contributed by atoms with Crippen molar-refractivity contribution < 1.29 is 9.53 Å². The van der Waals surface area contributed by atoms with Gasteiger partial charge in [-0.15, -0.1) is 11.6 Å². The third-order valence-corrected chi connectivity index (χ3v) is 4.58. The monoisotopic (exact) mass is 186 g/mol. The average molecular weight is 187 g/mol. The molecule has 2 unspecified atom stereocenters. The summed E-state index contributed by atoms with van der Waals surface area (Å²) in [5, 5.41) is 0.268. The number of esters is 1. The van der Waals surface area contributed by atoms with E-state index in [2.05, 4.69) is 0 Å². The van der Waals surface area contributed by atoms with Gasteiger partial charge in [0.15, 0.2) is 0 Å². The highest BCUT2D eigenvalue weighted by molar-refractivity contribution is 6.22. The van der Waals surface area contributed by atoms with Gasteiger partial charge in [-0.25, -0.2) is 0 Å². The Morgan fingerprint density at radius 1 is 1.42 bits per heavy atom. The molecule has 66 valence electrons. The molecule has 4 saturated carbocycles. The Morgan fingerprint density at radius 3 is 2.50 bits per heavy atom. The Kier molecular flexibility index (Phi) is 1.19.